The van der Waals surface area contributed by atoms with Gasteiger partial charge in [0.25, 0.3) is 0 Å². The fourth-order valence-corrected chi connectivity index (χ4v) is 1.98. The highest BCUT2D eigenvalue weighted by Crippen LogP contribution is 2.24. The second kappa shape index (κ2) is 6.12. The number of aromatic nitrogens is 2. The first-order valence-electron chi connectivity index (χ1n) is 6.40. The van der Waals surface area contributed by atoms with Crippen LogP contribution in [0.25, 0.3) is 0 Å². The van der Waals surface area contributed by atoms with Crippen molar-refractivity contribution in [1.82, 2.24) is 10.1 Å². The standard InChI is InChI=1S/C12H21N3O2/c1-9(8-13)2-3-11-14-12(15-17-11)10-4-6-16-7-5-10/h9-10H,2-8,13H2,1H3. The van der Waals surface area contributed by atoms with Crippen molar-refractivity contribution in [2.24, 2.45) is 11.7 Å². The van der Waals surface area contributed by atoms with E-state index in [1.54, 1.807) is 0 Å². The van der Waals surface area contributed by atoms with Crippen LogP contribution >= 0.6 is 0 Å². The first kappa shape index (κ1) is 12.5. The molecule has 1 aliphatic rings. The van der Waals surface area contributed by atoms with Crippen molar-refractivity contribution in [3.8, 4) is 0 Å². The van der Waals surface area contributed by atoms with Crippen LogP contribution in [-0.4, -0.2) is 29.9 Å². The van der Waals surface area contributed by atoms with Crippen molar-refractivity contribution in [3.05, 3.63) is 11.7 Å². The molecule has 2 heterocycles. The third-order valence-corrected chi connectivity index (χ3v) is 3.32. The maximum absolute atomic E-state index is 5.58. The Kier molecular flexibility index (Phi) is 4.50. The molecule has 96 valence electrons. The Hall–Kier alpha value is -0.940. The third-order valence-electron chi connectivity index (χ3n) is 3.32. The van der Waals surface area contributed by atoms with Crippen molar-refractivity contribution >= 4 is 0 Å². The van der Waals surface area contributed by atoms with Gasteiger partial charge in [-0.3, -0.25) is 0 Å². The van der Waals surface area contributed by atoms with Gasteiger partial charge in [-0.25, -0.2) is 0 Å². The summed E-state index contributed by atoms with van der Waals surface area (Å²) < 4.78 is 10.6. The molecule has 0 saturated carbocycles. The SMILES string of the molecule is CC(CN)CCc1nc(C2CCOCC2)no1. The lowest BCUT2D eigenvalue weighted by Crippen LogP contribution is -2.15. The number of hydrogen-bond acceptors (Lipinski definition) is 5. The van der Waals surface area contributed by atoms with Crippen LogP contribution in [0.2, 0.25) is 0 Å². The minimum absolute atomic E-state index is 0.410. The van der Waals surface area contributed by atoms with E-state index in [4.69, 9.17) is 15.0 Å². The Balaban J connectivity index is 1.86. The Labute approximate surface area is 102 Å². The third kappa shape index (κ3) is 3.51. The summed E-state index contributed by atoms with van der Waals surface area (Å²) in [6, 6.07) is 0. The Morgan fingerprint density at radius 2 is 2.18 bits per heavy atom. The van der Waals surface area contributed by atoms with E-state index < -0.39 is 0 Å². The van der Waals surface area contributed by atoms with E-state index in [0.717, 1.165) is 50.6 Å². The molecule has 5 nitrogen and oxygen atoms in total. The number of ether oxygens (including phenoxy) is 1. The molecule has 1 aromatic heterocycles. The van der Waals surface area contributed by atoms with E-state index >= 15 is 0 Å². The normalized spacial score (nSPS) is 19.4. The van der Waals surface area contributed by atoms with Crippen LogP contribution in [0.15, 0.2) is 4.52 Å². The summed E-state index contributed by atoms with van der Waals surface area (Å²) >= 11 is 0. The van der Waals surface area contributed by atoms with E-state index in [2.05, 4.69) is 17.1 Å². The minimum Gasteiger partial charge on any atom is -0.381 e. The Morgan fingerprint density at radius 3 is 2.88 bits per heavy atom. The number of nitrogens with zero attached hydrogens (tertiary/aromatic N) is 2. The maximum atomic E-state index is 5.58. The van der Waals surface area contributed by atoms with Crippen molar-refractivity contribution in [2.75, 3.05) is 19.8 Å². The Bertz CT molecular complexity index is 334. The lowest BCUT2D eigenvalue weighted by atomic mass is 10.00. The van der Waals surface area contributed by atoms with Gasteiger partial charge in [-0.15, -0.1) is 0 Å². The molecular weight excluding hydrogens is 218 g/mol. The molecule has 0 spiro atoms. The van der Waals surface area contributed by atoms with Gasteiger partial charge in [0.15, 0.2) is 5.82 Å². The van der Waals surface area contributed by atoms with Gasteiger partial charge in [0.05, 0.1) is 0 Å². The molecule has 1 fully saturated rings. The monoisotopic (exact) mass is 239 g/mol. The lowest BCUT2D eigenvalue weighted by molar-refractivity contribution is 0.0830. The number of rotatable bonds is 5. The molecule has 1 aromatic rings. The van der Waals surface area contributed by atoms with E-state index in [1.807, 2.05) is 0 Å². The van der Waals surface area contributed by atoms with E-state index in [0.29, 0.717) is 18.4 Å². The molecule has 0 radical (unpaired) electrons. The van der Waals surface area contributed by atoms with E-state index in [-0.39, 0.29) is 0 Å². The average Bonchev–Trinajstić information content (AvgIpc) is 2.86. The molecule has 0 amide bonds. The number of hydrogen-bond donors (Lipinski definition) is 1. The smallest absolute Gasteiger partial charge is 0.226 e. The predicted octanol–water partition coefficient (Wildman–Crippen LogP) is 1.49. The van der Waals surface area contributed by atoms with Gasteiger partial charge in [0.1, 0.15) is 0 Å². The molecule has 1 aliphatic heterocycles. The van der Waals surface area contributed by atoms with Crippen molar-refractivity contribution in [2.45, 2.75) is 38.5 Å². The van der Waals surface area contributed by atoms with Crippen molar-refractivity contribution in [3.63, 3.8) is 0 Å². The summed E-state index contributed by atoms with van der Waals surface area (Å²) in [5.41, 5.74) is 5.58. The molecule has 1 unspecified atom stereocenters. The largest absolute Gasteiger partial charge is 0.381 e. The fourth-order valence-electron chi connectivity index (χ4n) is 1.98. The summed E-state index contributed by atoms with van der Waals surface area (Å²) in [5, 5.41) is 4.07. The predicted molar refractivity (Wildman–Crippen MR) is 63.6 cm³/mol. The summed E-state index contributed by atoms with van der Waals surface area (Å²) in [7, 11) is 0. The zero-order valence-corrected chi connectivity index (χ0v) is 10.4. The second-order valence-electron chi connectivity index (χ2n) is 4.81. The molecule has 0 bridgehead atoms. The highest BCUT2D eigenvalue weighted by atomic mass is 16.5. The summed E-state index contributed by atoms with van der Waals surface area (Å²) in [6.07, 6.45) is 3.83. The second-order valence-corrected chi connectivity index (χ2v) is 4.81. The first-order valence-corrected chi connectivity index (χ1v) is 6.40. The molecule has 2 rings (SSSR count). The fraction of sp³-hybridized carbons (Fsp3) is 0.833. The zero-order chi connectivity index (χ0) is 12.1. The Morgan fingerprint density at radius 1 is 1.41 bits per heavy atom. The van der Waals surface area contributed by atoms with Crippen LogP contribution in [0.5, 0.6) is 0 Å². The number of nitrogens with two attached hydrogens (primary N) is 1. The maximum Gasteiger partial charge on any atom is 0.226 e. The molecule has 0 aliphatic carbocycles. The van der Waals surface area contributed by atoms with Gasteiger partial charge in [0.2, 0.25) is 5.89 Å². The van der Waals surface area contributed by atoms with Gasteiger partial charge in [-0.1, -0.05) is 12.1 Å². The van der Waals surface area contributed by atoms with Gasteiger partial charge >= 0.3 is 0 Å². The van der Waals surface area contributed by atoms with Gasteiger partial charge in [-0.05, 0) is 31.7 Å². The van der Waals surface area contributed by atoms with Crippen LogP contribution in [0.1, 0.15) is 43.8 Å². The number of aryl methyl sites for hydroxylation is 1. The minimum atomic E-state index is 0.410. The molecule has 0 aromatic carbocycles. The van der Waals surface area contributed by atoms with Gasteiger partial charge < -0.3 is 15.0 Å². The summed E-state index contributed by atoms with van der Waals surface area (Å²) in [6.45, 7) is 4.45. The van der Waals surface area contributed by atoms with Crippen molar-refractivity contribution in [1.29, 1.82) is 0 Å². The van der Waals surface area contributed by atoms with Crippen LogP contribution in [0, 0.1) is 5.92 Å². The molecule has 17 heavy (non-hydrogen) atoms. The highest BCUT2D eigenvalue weighted by molar-refractivity contribution is 4.96. The summed E-state index contributed by atoms with van der Waals surface area (Å²) in [5.74, 6) is 2.51. The van der Waals surface area contributed by atoms with Crippen LogP contribution in [0.4, 0.5) is 0 Å². The van der Waals surface area contributed by atoms with Crippen LogP contribution in [0.3, 0.4) is 0 Å². The quantitative estimate of drug-likeness (QED) is 0.842. The van der Waals surface area contributed by atoms with Gasteiger partial charge in [0, 0.05) is 25.6 Å². The first-order chi connectivity index (χ1) is 8.29. The highest BCUT2D eigenvalue weighted by Gasteiger charge is 2.21. The molecular formula is C12H21N3O2. The molecule has 1 saturated heterocycles. The lowest BCUT2D eigenvalue weighted by Gasteiger charge is -2.18. The average molecular weight is 239 g/mol. The van der Waals surface area contributed by atoms with Crippen molar-refractivity contribution < 1.29 is 9.26 Å². The zero-order valence-electron chi connectivity index (χ0n) is 10.4. The van der Waals surface area contributed by atoms with E-state index in [1.165, 1.54) is 0 Å². The van der Waals surface area contributed by atoms with Gasteiger partial charge in [-0.2, -0.15) is 4.98 Å². The molecule has 1 atom stereocenters. The van der Waals surface area contributed by atoms with Crippen LogP contribution < -0.4 is 5.73 Å². The molecule has 5 heteroatoms. The summed E-state index contributed by atoms with van der Waals surface area (Å²) in [4.78, 5) is 4.47. The van der Waals surface area contributed by atoms with E-state index in [9.17, 15) is 0 Å². The molecule has 2 N–H and O–H groups in total. The topological polar surface area (TPSA) is 74.2 Å². The van der Waals surface area contributed by atoms with Crippen LogP contribution in [-0.2, 0) is 11.2 Å².